The lowest BCUT2D eigenvalue weighted by molar-refractivity contribution is 0.168. The van der Waals surface area contributed by atoms with Crippen molar-refractivity contribution < 1.29 is 4.74 Å². The Labute approximate surface area is 62.1 Å². The second-order valence-corrected chi connectivity index (χ2v) is 1.86. The predicted molar refractivity (Wildman–Crippen MR) is 40.5 cm³/mol. The van der Waals surface area contributed by atoms with Crippen molar-refractivity contribution in [3.63, 3.8) is 0 Å². The highest BCUT2D eigenvalue weighted by Gasteiger charge is 1.80. The summed E-state index contributed by atoms with van der Waals surface area (Å²) in [4.78, 5) is 0. The van der Waals surface area contributed by atoms with Crippen molar-refractivity contribution in [3.05, 3.63) is 12.2 Å². The van der Waals surface area contributed by atoms with E-state index in [2.05, 4.69) is 6.92 Å². The highest BCUT2D eigenvalue weighted by Crippen LogP contribution is 1.83. The third-order valence-electron chi connectivity index (χ3n) is 0.975. The fourth-order valence-electron chi connectivity index (χ4n) is 0.504. The topological polar surface area (TPSA) is 33.0 Å². The van der Waals surface area contributed by atoms with Gasteiger partial charge in [0.1, 0.15) is 0 Å². The van der Waals surface area contributed by atoms with Gasteiger partial charge in [-0.1, -0.05) is 19.1 Å². The van der Waals surface area contributed by atoms with E-state index in [1.54, 1.807) is 0 Å². The van der Waals surface area contributed by atoms with E-state index in [9.17, 15) is 0 Å². The molecule has 0 unspecified atom stereocenters. The van der Waals surface area contributed by atoms with Crippen LogP contribution in [0.4, 0.5) is 0 Å². The van der Waals surface area contributed by atoms with Crippen LogP contribution in [0.2, 0.25) is 0 Å². The molecule has 10 heavy (non-hydrogen) atoms. The molecule has 0 rings (SSSR count). The van der Waals surface area contributed by atoms with Crippen LogP contribution in [0, 0.1) is 11.3 Å². The smallest absolute Gasteiger partial charge is 0.0647 e. The average Bonchev–Trinajstić information content (AvgIpc) is 1.97. The van der Waals surface area contributed by atoms with Crippen molar-refractivity contribution in [1.29, 1.82) is 5.26 Å². The largest absolute Gasteiger partial charge is 0.376 e. The van der Waals surface area contributed by atoms with E-state index in [1.165, 1.54) is 0 Å². The third-order valence-corrected chi connectivity index (χ3v) is 0.975. The van der Waals surface area contributed by atoms with E-state index in [1.807, 2.05) is 18.2 Å². The molecule has 0 atom stereocenters. The van der Waals surface area contributed by atoms with Crippen molar-refractivity contribution >= 4 is 0 Å². The molecule has 0 heterocycles. The summed E-state index contributed by atoms with van der Waals surface area (Å²) in [5.74, 6) is 0. The van der Waals surface area contributed by atoms with Gasteiger partial charge in [0.15, 0.2) is 0 Å². The maximum atomic E-state index is 8.12. The molecular weight excluding hydrogens is 126 g/mol. The van der Waals surface area contributed by atoms with Crippen LogP contribution in [0.1, 0.15) is 19.8 Å². The van der Waals surface area contributed by atoms with Gasteiger partial charge < -0.3 is 4.74 Å². The van der Waals surface area contributed by atoms with Gasteiger partial charge in [-0.2, -0.15) is 5.26 Å². The summed E-state index contributed by atoms with van der Waals surface area (Å²) in [6, 6.07) is 2.01. The lowest BCUT2D eigenvalue weighted by Crippen LogP contribution is -1.91. The second-order valence-electron chi connectivity index (χ2n) is 1.86. The quantitative estimate of drug-likeness (QED) is 0.430. The summed E-state index contributed by atoms with van der Waals surface area (Å²) in [5.41, 5.74) is 0. The lowest BCUT2D eigenvalue weighted by Gasteiger charge is -1.93. The first kappa shape index (κ1) is 9.19. The minimum Gasteiger partial charge on any atom is -0.376 e. The Morgan fingerprint density at radius 1 is 1.50 bits per heavy atom. The van der Waals surface area contributed by atoms with Gasteiger partial charge in [-0.25, -0.2) is 0 Å². The number of hydrogen-bond acceptors (Lipinski definition) is 2. The molecular formula is C8H13NO. The SMILES string of the molecule is CC/C=C\COCCC#N. The van der Waals surface area contributed by atoms with Crippen molar-refractivity contribution in [2.75, 3.05) is 13.2 Å². The molecule has 56 valence electrons. The van der Waals surface area contributed by atoms with E-state index in [-0.39, 0.29) is 0 Å². The first-order valence-electron chi connectivity index (χ1n) is 3.51. The van der Waals surface area contributed by atoms with Crippen LogP contribution in [0.5, 0.6) is 0 Å². The number of hydrogen-bond donors (Lipinski definition) is 0. The Hall–Kier alpha value is -0.810. The highest BCUT2D eigenvalue weighted by atomic mass is 16.5. The zero-order valence-electron chi connectivity index (χ0n) is 6.34. The molecule has 2 heteroatoms. The van der Waals surface area contributed by atoms with Crippen molar-refractivity contribution in [1.82, 2.24) is 0 Å². The molecule has 0 fully saturated rings. The fourth-order valence-corrected chi connectivity index (χ4v) is 0.504. The van der Waals surface area contributed by atoms with Gasteiger partial charge in [0.25, 0.3) is 0 Å². The Morgan fingerprint density at radius 3 is 2.90 bits per heavy atom. The van der Waals surface area contributed by atoms with E-state index in [0.717, 1.165) is 6.42 Å². The summed E-state index contributed by atoms with van der Waals surface area (Å²) >= 11 is 0. The van der Waals surface area contributed by atoms with Gasteiger partial charge in [-0.3, -0.25) is 0 Å². The molecule has 0 saturated carbocycles. The maximum Gasteiger partial charge on any atom is 0.0647 e. The van der Waals surface area contributed by atoms with Crippen LogP contribution < -0.4 is 0 Å². The molecule has 0 spiro atoms. The van der Waals surface area contributed by atoms with Gasteiger partial charge >= 0.3 is 0 Å². The number of nitriles is 1. The number of allylic oxidation sites excluding steroid dienone is 1. The Kier molecular flexibility index (Phi) is 7.53. The van der Waals surface area contributed by atoms with Crippen molar-refractivity contribution in [2.24, 2.45) is 0 Å². The zero-order chi connectivity index (χ0) is 7.66. The van der Waals surface area contributed by atoms with E-state index >= 15 is 0 Å². The van der Waals surface area contributed by atoms with Gasteiger partial charge in [0, 0.05) is 0 Å². The van der Waals surface area contributed by atoms with Gasteiger partial charge in [-0.05, 0) is 6.42 Å². The molecule has 0 aliphatic carbocycles. The molecule has 0 aliphatic heterocycles. The number of nitrogens with zero attached hydrogens (tertiary/aromatic N) is 1. The summed E-state index contributed by atoms with van der Waals surface area (Å²) < 4.78 is 5.07. The van der Waals surface area contributed by atoms with Crippen molar-refractivity contribution in [2.45, 2.75) is 19.8 Å². The zero-order valence-corrected chi connectivity index (χ0v) is 6.34. The number of ether oxygens (including phenoxy) is 1. The van der Waals surface area contributed by atoms with Crippen LogP contribution in [-0.2, 0) is 4.74 Å². The molecule has 0 bridgehead atoms. The normalized spacial score (nSPS) is 10.0. The fraction of sp³-hybridized carbons (Fsp3) is 0.625. The Morgan fingerprint density at radius 2 is 2.30 bits per heavy atom. The molecule has 0 N–H and O–H groups in total. The van der Waals surface area contributed by atoms with Crippen molar-refractivity contribution in [3.8, 4) is 6.07 Å². The van der Waals surface area contributed by atoms with E-state index in [0.29, 0.717) is 19.6 Å². The Balaban J connectivity index is 2.92. The molecule has 2 nitrogen and oxygen atoms in total. The van der Waals surface area contributed by atoms with Crippen LogP contribution >= 0.6 is 0 Å². The highest BCUT2D eigenvalue weighted by molar-refractivity contribution is 4.79. The number of rotatable bonds is 5. The molecule has 0 radical (unpaired) electrons. The first-order valence-corrected chi connectivity index (χ1v) is 3.51. The maximum absolute atomic E-state index is 8.12. The lowest BCUT2D eigenvalue weighted by atomic mass is 10.4. The van der Waals surface area contributed by atoms with Crippen LogP contribution in [0.3, 0.4) is 0 Å². The Bertz CT molecular complexity index is 124. The minimum atomic E-state index is 0.486. The second kappa shape index (κ2) is 8.19. The third kappa shape index (κ3) is 7.19. The van der Waals surface area contributed by atoms with Gasteiger partial charge in [0.2, 0.25) is 0 Å². The molecule has 0 amide bonds. The summed E-state index contributed by atoms with van der Waals surface area (Å²) in [7, 11) is 0. The van der Waals surface area contributed by atoms with Gasteiger partial charge in [0.05, 0.1) is 25.7 Å². The standard InChI is InChI=1S/C8H13NO/c1-2-3-4-7-10-8-5-6-9/h3-4H,2,5,7-8H2,1H3/b4-3-. The van der Waals surface area contributed by atoms with Crippen LogP contribution in [0.15, 0.2) is 12.2 Å². The van der Waals surface area contributed by atoms with Crippen LogP contribution in [-0.4, -0.2) is 13.2 Å². The summed E-state index contributed by atoms with van der Waals surface area (Å²) in [5, 5.41) is 8.12. The van der Waals surface area contributed by atoms with Gasteiger partial charge in [-0.15, -0.1) is 0 Å². The predicted octanol–water partition coefficient (Wildman–Crippen LogP) is 1.88. The summed E-state index contributed by atoms with van der Waals surface area (Å²) in [6.07, 6.45) is 5.55. The molecule has 0 aliphatic rings. The van der Waals surface area contributed by atoms with E-state index in [4.69, 9.17) is 10.00 Å². The first-order chi connectivity index (χ1) is 4.91. The van der Waals surface area contributed by atoms with Crippen LogP contribution in [0.25, 0.3) is 0 Å². The molecule has 0 aromatic heterocycles. The average molecular weight is 139 g/mol. The summed E-state index contributed by atoms with van der Waals surface area (Å²) in [6.45, 7) is 3.26. The molecule has 0 aromatic rings. The molecule has 0 saturated heterocycles. The minimum absolute atomic E-state index is 0.486. The van der Waals surface area contributed by atoms with E-state index < -0.39 is 0 Å². The monoisotopic (exact) mass is 139 g/mol. The molecule has 0 aromatic carbocycles.